The monoisotopic (exact) mass is 509 g/mol. The quantitative estimate of drug-likeness (QED) is 0.257. The van der Waals surface area contributed by atoms with Gasteiger partial charge in [0.05, 0.1) is 0 Å². The van der Waals surface area contributed by atoms with E-state index in [1.165, 1.54) is 5.56 Å². The van der Waals surface area contributed by atoms with Crippen molar-refractivity contribution in [1.29, 1.82) is 0 Å². The highest BCUT2D eigenvalue weighted by atomic mass is 35.5. The number of amides is 2. The maximum absolute atomic E-state index is 12.7. The normalized spacial score (nSPS) is 18.2. The first-order valence-electron chi connectivity index (χ1n) is 13.0. The zero-order chi connectivity index (χ0) is 24.8. The van der Waals surface area contributed by atoms with Crippen molar-refractivity contribution in [2.24, 2.45) is 11.7 Å². The minimum absolute atomic E-state index is 0. The zero-order valence-corrected chi connectivity index (χ0v) is 21.9. The van der Waals surface area contributed by atoms with E-state index in [0.717, 1.165) is 77.2 Å². The Labute approximate surface area is 216 Å². The van der Waals surface area contributed by atoms with Gasteiger partial charge in [0, 0.05) is 18.0 Å². The lowest BCUT2D eigenvalue weighted by atomic mass is 9.82. The van der Waals surface area contributed by atoms with E-state index >= 15 is 0 Å². The predicted molar refractivity (Wildman–Crippen MR) is 142 cm³/mol. The van der Waals surface area contributed by atoms with E-state index in [2.05, 4.69) is 17.6 Å². The molecule has 0 aromatic heterocycles. The highest BCUT2D eigenvalue weighted by Crippen LogP contribution is 2.28. The van der Waals surface area contributed by atoms with Crippen LogP contribution in [0.2, 0.25) is 0 Å². The lowest BCUT2D eigenvalue weighted by molar-refractivity contribution is -0.142. The Kier molecular flexibility index (Phi) is 15.3. The summed E-state index contributed by atoms with van der Waals surface area (Å²) in [5, 5.41) is 15.4. The van der Waals surface area contributed by atoms with Crippen molar-refractivity contribution in [3.8, 4) is 0 Å². The Balaban J connectivity index is 0.00000612. The second-order valence-corrected chi connectivity index (χ2v) is 9.64. The molecule has 0 saturated heterocycles. The van der Waals surface area contributed by atoms with E-state index in [-0.39, 0.29) is 36.2 Å². The van der Waals surface area contributed by atoms with Gasteiger partial charge in [0.2, 0.25) is 5.91 Å². The van der Waals surface area contributed by atoms with E-state index < -0.39 is 12.0 Å². The number of nitrogens with one attached hydrogen (secondary N) is 2. The maximum atomic E-state index is 12.7. The van der Waals surface area contributed by atoms with E-state index in [9.17, 15) is 19.5 Å². The van der Waals surface area contributed by atoms with Crippen molar-refractivity contribution in [1.82, 2.24) is 10.6 Å². The highest BCUT2D eigenvalue weighted by molar-refractivity contribution is 5.94. The largest absolute Gasteiger partial charge is 0.480 e. The van der Waals surface area contributed by atoms with Gasteiger partial charge in [-0.2, -0.15) is 0 Å². The van der Waals surface area contributed by atoms with Gasteiger partial charge in [-0.1, -0.05) is 38.3 Å². The molecule has 7 nitrogen and oxygen atoms in total. The Hall–Kier alpha value is -2.12. The Morgan fingerprint density at radius 1 is 1.00 bits per heavy atom. The van der Waals surface area contributed by atoms with Crippen molar-refractivity contribution < 1.29 is 19.5 Å². The third-order valence-corrected chi connectivity index (χ3v) is 6.78. The topological polar surface area (TPSA) is 122 Å². The second-order valence-electron chi connectivity index (χ2n) is 9.64. The summed E-state index contributed by atoms with van der Waals surface area (Å²) < 4.78 is 0. The molecule has 0 radical (unpaired) electrons. The molecule has 2 amide bonds. The van der Waals surface area contributed by atoms with E-state index in [0.29, 0.717) is 18.4 Å². The van der Waals surface area contributed by atoms with E-state index in [4.69, 9.17) is 5.73 Å². The maximum Gasteiger partial charge on any atom is 0.326 e. The van der Waals surface area contributed by atoms with Crippen LogP contribution in [0.1, 0.15) is 99.9 Å². The molecular formula is C27H44ClN3O4. The molecule has 1 saturated carbocycles. The molecule has 0 bridgehead atoms. The number of carbonyl (C=O) groups is 3. The van der Waals surface area contributed by atoms with Crippen LogP contribution < -0.4 is 16.4 Å². The molecule has 1 atom stereocenters. The summed E-state index contributed by atoms with van der Waals surface area (Å²) in [5.41, 5.74) is 7.44. The van der Waals surface area contributed by atoms with Crippen LogP contribution in [-0.2, 0) is 16.0 Å². The van der Waals surface area contributed by atoms with Gasteiger partial charge in [-0.15, -0.1) is 12.4 Å². The first-order valence-corrected chi connectivity index (χ1v) is 13.0. The molecule has 1 aliphatic rings. The fraction of sp³-hybridized carbons (Fsp3) is 0.667. The molecule has 8 heteroatoms. The van der Waals surface area contributed by atoms with Crippen molar-refractivity contribution >= 4 is 30.2 Å². The van der Waals surface area contributed by atoms with Crippen LogP contribution in [0.3, 0.4) is 0 Å². The molecule has 2 rings (SSSR count). The van der Waals surface area contributed by atoms with Gasteiger partial charge < -0.3 is 21.5 Å². The Bertz CT molecular complexity index is 764. The second kappa shape index (κ2) is 17.3. The summed E-state index contributed by atoms with van der Waals surface area (Å²) >= 11 is 0. The molecule has 0 aliphatic heterocycles. The number of rotatable bonds is 15. The number of hydrogen-bond donors (Lipinski definition) is 4. The number of hydrogen-bond acceptors (Lipinski definition) is 4. The Morgan fingerprint density at radius 2 is 1.69 bits per heavy atom. The summed E-state index contributed by atoms with van der Waals surface area (Å²) in [6.07, 6.45) is 11.2. The fourth-order valence-corrected chi connectivity index (χ4v) is 4.64. The van der Waals surface area contributed by atoms with Gasteiger partial charge >= 0.3 is 5.97 Å². The van der Waals surface area contributed by atoms with Crippen LogP contribution in [0.25, 0.3) is 0 Å². The minimum Gasteiger partial charge on any atom is -0.480 e. The summed E-state index contributed by atoms with van der Waals surface area (Å²) in [6.45, 7) is 2.80. The van der Waals surface area contributed by atoms with Crippen LogP contribution in [0, 0.1) is 5.92 Å². The molecule has 1 fully saturated rings. The SMILES string of the molecule is CCCCCC(=O)NC(CC1CCC(NC(=O)c2ccc(CCCCCN)cc2)CC1)C(=O)O.Cl. The summed E-state index contributed by atoms with van der Waals surface area (Å²) in [4.78, 5) is 36.3. The fourth-order valence-electron chi connectivity index (χ4n) is 4.64. The lowest BCUT2D eigenvalue weighted by Gasteiger charge is -2.30. The zero-order valence-electron chi connectivity index (χ0n) is 21.1. The van der Waals surface area contributed by atoms with E-state index in [1.54, 1.807) is 0 Å². The number of benzene rings is 1. The standard InChI is InChI=1S/C27H43N3O4.ClH/c1-2-3-5-9-25(31)30-24(27(33)34)19-21-12-16-23(17-13-21)29-26(32)22-14-10-20(11-15-22)8-6-4-7-18-28;/h10-11,14-15,21,23-24H,2-9,12-13,16-19,28H2,1H3,(H,29,32)(H,30,31)(H,33,34);1H. The van der Waals surface area contributed by atoms with Crippen LogP contribution in [-0.4, -0.2) is 41.5 Å². The minimum atomic E-state index is -0.970. The molecule has 1 unspecified atom stereocenters. The highest BCUT2D eigenvalue weighted by Gasteiger charge is 2.28. The molecule has 198 valence electrons. The van der Waals surface area contributed by atoms with Crippen molar-refractivity contribution in [3.63, 3.8) is 0 Å². The average molecular weight is 510 g/mol. The van der Waals surface area contributed by atoms with Gasteiger partial charge in [-0.3, -0.25) is 9.59 Å². The van der Waals surface area contributed by atoms with Gasteiger partial charge in [0.25, 0.3) is 5.91 Å². The van der Waals surface area contributed by atoms with Gasteiger partial charge in [0.1, 0.15) is 6.04 Å². The van der Waals surface area contributed by atoms with Gasteiger partial charge in [0.15, 0.2) is 0 Å². The Morgan fingerprint density at radius 3 is 2.29 bits per heavy atom. The van der Waals surface area contributed by atoms with Crippen molar-refractivity contribution in [2.75, 3.05) is 6.54 Å². The van der Waals surface area contributed by atoms with Crippen LogP contribution in [0.4, 0.5) is 0 Å². The number of nitrogens with two attached hydrogens (primary N) is 1. The summed E-state index contributed by atoms with van der Waals surface area (Å²) in [7, 11) is 0. The smallest absolute Gasteiger partial charge is 0.326 e. The van der Waals surface area contributed by atoms with Gasteiger partial charge in [-0.25, -0.2) is 4.79 Å². The van der Waals surface area contributed by atoms with E-state index in [1.807, 2.05) is 24.3 Å². The molecule has 1 aliphatic carbocycles. The third-order valence-electron chi connectivity index (χ3n) is 6.78. The van der Waals surface area contributed by atoms with Crippen molar-refractivity contribution in [2.45, 2.75) is 102 Å². The van der Waals surface area contributed by atoms with Gasteiger partial charge in [-0.05, 0) is 87.9 Å². The number of carboxylic acid groups (broad SMARTS) is 1. The third kappa shape index (κ3) is 11.9. The molecule has 1 aromatic carbocycles. The number of carboxylic acids is 1. The number of unbranched alkanes of at least 4 members (excludes halogenated alkanes) is 4. The number of halogens is 1. The molecule has 0 spiro atoms. The average Bonchev–Trinajstić information content (AvgIpc) is 2.83. The number of aryl methyl sites for hydroxylation is 1. The molecular weight excluding hydrogens is 466 g/mol. The predicted octanol–water partition coefficient (Wildman–Crippen LogP) is 4.61. The van der Waals surface area contributed by atoms with Crippen LogP contribution in [0.15, 0.2) is 24.3 Å². The summed E-state index contributed by atoms with van der Waals surface area (Å²) in [5.74, 6) is -0.963. The van der Waals surface area contributed by atoms with Crippen LogP contribution >= 0.6 is 12.4 Å². The summed E-state index contributed by atoms with van der Waals surface area (Å²) in [6, 6.07) is 7.10. The lowest BCUT2D eigenvalue weighted by Crippen LogP contribution is -2.43. The first-order chi connectivity index (χ1) is 16.4. The first kappa shape index (κ1) is 30.9. The number of carbonyl (C=O) groups excluding carboxylic acids is 2. The molecule has 0 heterocycles. The number of aliphatic carboxylic acids is 1. The molecule has 35 heavy (non-hydrogen) atoms. The molecule has 1 aromatic rings. The van der Waals surface area contributed by atoms with Crippen LogP contribution in [0.5, 0.6) is 0 Å². The van der Waals surface area contributed by atoms with Crippen molar-refractivity contribution in [3.05, 3.63) is 35.4 Å². The molecule has 5 N–H and O–H groups in total.